The number of nitrogens with zero attached hydrogens (tertiary/aromatic N) is 2. The molecular formula is C64H42N2. The molecule has 0 unspecified atom stereocenters. The van der Waals surface area contributed by atoms with E-state index in [1.807, 2.05) is 0 Å². The van der Waals surface area contributed by atoms with Crippen LogP contribution in [0.15, 0.2) is 255 Å². The van der Waals surface area contributed by atoms with Crippen molar-refractivity contribution in [2.24, 2.45) is 0 Å². The maximum absolute atomic E-state index is 2.45. The molecule has 0 aliphatic heterocycles. The van der Waals surface area contributed by atoms with Gasteiger partial charge in [-0.15, -0.1) is 0 Å². The Hall–Kier alpha value is -8.72. The molecule has 0 spiro atoms. The summed E-state index contributed by atoms with van der Waals surface area (Å²) in [6.07, 6.45) is 0. The van der Waals surface area contributed by atoms with Crippen molar-refractivity contribution in [2.45, 2.75) is 0 Å². The molecule has 0 bridgehead atoms. The van der Waals surface area contributed by atoms with Crippen LogP contribution in [0.5, 0.6) is 0 Å². The number of para-hydroxylation sites is 2. The summed E-state index contributed by atoms with van der Waals surface area (Å²) in [7, 11) is 0. The number of rotatable bonds is 7. The van der Waals surface area contributed by atoms with Gasteiger partial charge in [-0.2, -0.15) is 0 Å². The molecule has 0 aliphatic rings. The number of benzene rings is 12. The van der Waals surface area contributed by atoms with Gasteiger partial charge in [0.25, 0.3) is 0 Å². The van der Waals surface area contributed by atoms with Crippen LogP contribution >= 0.6 is 0 Å². The van der Waals surface area contributed by atoms with Crippen LogP contribution in [0.3, 0.4) is 0 Å². The van der Waals surface area contributed by atoms with Gasteiger partial charge in [-0.3, -0.25) is 0 Å². The van der Waals surface area contributed by atoms with Gasteiger partial charge in [0, 0.05) is 33.4 Å². The van der Waals surface area contributed by atoms with Gasteiger partial charge in [0.05, 0.1) is 16.7 Å². The highest BCUT2D eigenvalue weighted by Gasteiger charge is 2.21. The molecule has 0 amide bonds. The standard InChI is InChI=1S/C64H42N2/c1-4-16-43(17-5-1)48-35-38-57-59-42-52(36-39-61(59)66(62(57)41-48)50-22-8-3-9-23-50)65(60-29-13-12-25-54(60)44-18-6-2-7-19-44)51-24-14-21-49(40-51)53-27-15-28-58-56(53)37-34-47-33-32-46-31-30-45-20-10-11-26-55(45)63(46)64(47)58/h1-42H. The van der Waals surface area contributed by atoms with Gasteiger partial charge in [-0.1, -0.05) is 200 Å². The van der Waals surface area contributed by atoms with Gasteiger partial charge in [0.1, 0.15) is 0 Å². The second-order valence-corrected chi connectivity index (χ2v) is 17.3. The van der Waals surface area contributed by atoms with Gasteiger partial charge >= 0.3 is 0 Å². The van der Waals surface area contributed by atoms with Crippen molar-refractivity contribution in [3.05, 3.63) is 255 Å². The molecule has 13 rings (SSSR count). The Morgan fingerprint density at radius 2 is 0.864 bits per heavy atom. The quantitative estimate of drug-likeness (QED) is 0.145. The average molecular weight is 839 g/mol. The van der Waals surface area contributed by atoms with Crippen LogP contribution in [0.2, 0.25) is 0 Å². The number of hydrogen-bond donors (Lipinski definition) is 0. The van der Waals surface area contributed by atoms with Gasteiger partial charge in [0.2, 0.25) is 0 Å². The summed E-state index contributed by atoms with van der Waals surface area (Å²) in [6, 6.07) is 93.3. The highest BCUT2D eigenvalue weighted by atomic mass is 15.1. The van der Waals surface area contributed by atoms with E-state index in [0.29, 0.717) is 0 Å². The third-order valence-electron chi connectivity index (χ3n) is 13.5. The van der Waals surface area contributed by atoms with E-state index in [4.69, 9.17) is 0 Å². The van der Waals surface area contributed by atoms with Gasteiger partial charge in [-0.25, -0.2) is 0 Å². The zero-order valence-electron chi connectivity index (χ0n) is 36.1. The van der Waals surface area contributed by atoms with Crippen LogP contribution in [0.4, 0.5) is 17.1 Å². The number of fused-ring (bicyclic) bond motifs is 10. The number of aromatic nitrogens is 1. The fraction of sp³-hybridized carbons (Fsp3) is 0. The van der Waals surface area contributed by atoms with E-state index in [2.05, 4.69) is 264 Å². The Morgan fingerprint density at radius 1 is 0.273 bits per heavy atom. The smallest absolute Gasteiger partial charge is 0.0547 e. The normalized spacial score (nSPS) is 11.6. The maximum atomic E-state index is 2.45. The van der Waals surface area contributed by atoms with Gasteiger partial charge in [0.15, 0.2) is 0 Å². The Balaban J connectivity index is 1.03. The fourth-order valence-electron chi connectivity index (χ4n) is 10.5. The van der Waals surface area contributed by atoms with E-state index >= 15 is 0 Å². The molecule has 0 saturated heterocycles. The predicted octanol–water partition coefficient (Wildman–Crippen LogP) is 17.9. The molecule has 0 fully saturated rings. The summed E-state index contributed by atoms with van der Waals surface area (Å²) in [6.45, 7) is 0. The topological polar surface area (TPSA) is 8.17 Å². The first kappa shape index (κ1) is 37.8. The molecule has 13 aromatic rings. The molecule has 0 atom stereocenters. The van der Waals surface area contributed by atoms with Crippen molar-refractivity contribution < 1.29 is 0 Å². The minimum absolute atomic E-state index is 1.09. The lowest BCUT2D eigenvalue weighted by molar-refractivity contribution is 1.18. The highest BCUT2D eigenvalue weighted by molar-refractivity contribution is 6.28. The molecule has 2 nitrogen and oxygen atoms in total. The second-order valence-electron chi connectivity index (χ2n) is 17.3. The summed E-state index contributed by atoms with van der Waals surface area (Å²) in [5, 5.41) is 12.6. The molecule has 1 aromatic heterocycles. The van der Waals surface area contributed by atoms with Crippen LogP contribution in [0.25, 0.3) is 104 Å². The summed E-state index contributed by atoms with van der Waals surface area (Å²) in [5.41, 5.74) is 13.9. The lowest BCUT2D eigenvalue weighted by Gasteiger charge is -2.28. The number of hydrogen-bond acceptors (Lipinski definition) is 1. The zero-order chi connectivity index (χ0) is 43.6. The van der Waals surface area contributed by atoms with Crippen LogP contribution in [-0.2, 0) is 0 Å². The fourth-order valence-corrected chi connectivity index (χ4v) is 10.5. The molecule has 66 heavy (non-hydrogen) atoms. The van der Waals surface area contributed by atoms with Crippen molar-refractivity contribution in [3.63, 3.8) is 0 Å². The molecular weight excluding hydrogens is 797 g/mol. The third kappa shape index (κ3) is 6.18. The van der Waals surface area contributed by atoms with Crippen molar-refractivity contribution >= 4 is 82.0 Å². The first-order valence-electron chi connectivity index (χ1n) is 22.8. The third-order valence-corrected chi connectivity index (χ3v) is 13.5. The van der Waals surface area contributed by atoms with E-state index in [0.717, 1.165) is 22.7 Å². The average Bonchev–Trinajstić information content (AvgIpc) is 3.72. The molecule has 1 heterocycles. The second kappa shape index (κ2) is 15.5. The van der Waals surface area contributed by atoms with E-state index in [1.165, 1.54) is 98.3 Å². The molecule has 0 N–H and O–H groups in total. The van der Waals surface area contributed by atoms with Crippen LogP contribution < -0.4 is 4.90 Å². The summed E-state index contributed by atoms with van der Waals surface area (Å²) >= 11 is 0. The lowest BCUT2D eigenvalue weighted by Crippen LogP contribution is -2.11. The van der Waals surface area contributed by atoms with E-state index in [9.17, 15) is 0 Å². The SMILES string of the molecule is c1ccc(-c2ccc3c4cc(N(c5cccc(-c6cccc7c6ccc6ccc8ccc9ccccc9c8c67)c5)c5ccccc5-c5ccccc5)ccc4n(-c4ccccc4)c3c2)cc1. The number of anilines is 3. The minimum Gasteiger partial charge on any atom is -0.310 e. The van der Waals surface area contributed by atoms with E-state index in [1.54, 1.807) is 0 Å². The van der Waals surface area contributed by atoms with Crippen molar-refractivity contribution in [3.8, 4) is 39.1 Å². The first-order chi connectivity index (χ1) is 32.7. The Bertz CT molecular complexity index is 3980. The summed E-state index contributed by atoms with van der Waals surface area (Å²) in [4.78, 5) is 2.45. The Morgan fingerprint density at radius 3 is 1.68 bits per heavy atom. The Labute approximate surface area is 383 Å². The lowest BCUT2D eigenvalue weighted by atomic mass is 9.90. The van der Waals surface area contributed by atoms with Gasteiger partial charge in [-0.05, 0) is 126 Å². The molecule has 0 aliphatic carbocycles. The summed E-state index contributed by atoms with van der Waals surface area (Å²) in [5.74, 6) is 0. The molecule has 2 heteroatoms. The molecule has 12 aromatic carbocycles. The van der Waals surface area contributed by atoms with E-state index < -0.39 is 0 Å². The predicted molar refractivity (Wildman–Crippen MR) is 282 cm³/mol. The molecule has 308 valence electrons. The van der Waals surface area contributed by atoms with Crippen LogP contribution in [-0.4, -0.2) is 4.57 Å². The van der Waals surface area contributed by atoms with Crippen molar-refractivity contribution in [1.29, 1.82) is 0 Å². The summed E-state index contributed by atoms with van der Waals surface area (Å²) < 4.78 is 2.42. The monoisotopic (exact) mass is 838 g/mol. The van der Waals surface area contributed by atoms with Crippen molar-refractivity contribution in [2.75, 3.05) is 4.90 Å². The minimum atomic E-state index is 1.09. The molecule has 0 saturated carbocycles. The van der Waals surface area contributed by atoms with Gasteiger partial charge < -0.3 is 9.47 Å². The van der Waals surface area contributed by atoms with Crippen LogP contribution in [0.1, 0.15) is 0 Å². The zero-order valence-corrected chi connectivity index (χ0v) is 36.1. The van der Waals surface area contributed by atoms with Crippen molar-refractivity contribution in [1.82, 2.24) is 4.57 Å². The van der Waals surface area contributed by atoms with Crippen LogP contribution in [0, 0.1) is 0 Å². The largest absolute Gasteiger partial charge is 0.310 e. The maximum Gasteiger partial charge on any atom is 0.0547 e. The highest BCUT2D eigenvalue weighted by Crippen LogP contribution is 2.46. The molecule has 0 radical (unpaired) electrons. The Kier molecular flexibility index (Phi) is 8.89. The van der Waals surface area contributed by atoms with E-state index in [-0.39, 0.29) is 0 Å². The first-order valence-corrected chi connectivity index (χ1v) is 22.8.